The predicted molar refractivity (Wildman–Crippen MR) is 75.2 cm³/mol. The standard InChI is InChI=1S/C14H21N5/c1-10-17-18-13-12(15-7-8-19(10)13)16-11-5-4-6-14(2,3)9-11/h7-8,11H,4-6,9H2,1-3H3,(H,15,16). The molecule has 0 spiro atoms. The third kappa shape index (κ3) is 2.41. The summed E-state index contributed by atoms with van der Waals surface area (Å²) in [6, 6.07) is 0.486. The first kappa shape index (κ1) is 12.4. The Balaban J connectivity index is 1.85. The summed E-state index contributed by atoms with van der Waals surface area (Å²) in [4.78, 5) is 4.43. The molecule has 2 aromatic rings. The maximum absolute atomic E-state index is 4.43. The van der Waals surface area contributed by atoms with Crippen LogP contribution in [-0.4, -0.2) is 25.6 Å². The molecular weight excluding hydrogens is 238 g/mol. The van der Waals surface area contributed by atoms with Gasteiger partial charge in [0.2, 0.25) is 5.65 Å². The molecule has 0 aliphatic heterocycles. The van der Waals surface area contributed by atoms with Crippen molar-refractivity contribution in [2.75, 3.05) is 5.32 Å². The molecule has 102 valence electrons. The van der Waals surface area contributed by atoms with Crippen LogP contribution >= 0.6 is 0 Å². The smallest absolute Gasteiger partial charge is 0.203 e. The van der Waals surface area contributed by atoms with Crippen LogP contribution in [0.5, 0.6) is 0 Å². The molecule has 1 saturated carbocycles. The van der Waals surface area contributed by atoms with Crippen molar-refractivity contribution in [3.8, 4) is 0 Å². The van der Waals surface area contributed by atoms with Gasteiger partial charge in [-0.1, -0.05) is 20.3 Å². The summed E-state index contributed by atoms with van der Waals surface area (Å²) in [5, 5.41) is 11.9. The van der Waals surface area contributed by atoms with Crippen LogP contribution in [0.4, 0.5) is 5.82 Å². The summed E-state index contributed by atoms with van der Waals surface area (Å²) >= 11 is 0. The normalized spacial score (nSPS) is 22.6. The zero-order chi connectivity index (χ0) is 13.5. The quantitative estimate of drug-likeness (QED) is 0.901. The van der Waals surface area contributed by atoms with Crippen LogP contribution in [0, 0.1) is 12.3 Å². The Bertz CT molecular complexity index is 587. The van der Waals surface area contributed by atoms with Gasteiger partial charge in [0.25, 0.3) is 0 Å². The predicted octanol–water partition coefficient (Wildman–Crippen LogP) is 2.81. The van der Waals surface area contributed by atoms with Gasteiger partial charge in [0, 0.05) is 18.4 Å². The van der Waals surface area contributed by atoms with Gasteiger partial charge in [-0.05, 0) is 31.6 Å². The molecule has 1 aliphatic rings. The van der Waals surface area contributed by atoms with Crippen LogP contribution in [0.25, 0.3) is 5.65 Å². The Morgan fingerprint density at radius 2 is 2.21 bits per heavy atom. The maximum Gasteiger partial charge on any atom is 0.203 e. The van der Waals surface area contributed by atoms with E-state index in [-0.39, 0.29) is 0 Å². The molecule has 0 radical (unpaired) electrons. The highest BCUT2D eigenvalue weighted by Gasteiger charge is 2.28. The fourth-order valence-corrected chi connectivity index (χ4v) is 3.06. The first-order chi connectivity index (χ1) is 9.05. The zero-order valence-electron chi connectivity index (χ0n) is 11.8. The molecule has 0 aromatic carbocycles. The number of hydrogen-bond donors (Lipinski definition) is 1. The van der Waals surface area contributed by atoms with E-state index in [1.54, 1.807) is 6.20 Å². The highest BCUT2D eigenvalue weighted by Crippen LogP contribution is 2.36. The van der Waals surface area contributed by atoms with Gasteiger partial charge in [0.1, 0.15) is 5.82 Å². The molecule has 1 fully saturated rings. The van der Waals surface area contributed by atoms with Crippen LogP contribution < -0.4 is 5.32 Å². The second-order valence-corrected chi connectivity index (χ2v) is 6.32. The van der Waals surface area contributed by atoms with E-state index in [1.807, 2.05) is 17.5 Å². The van der Waals surface area contributed by atoms with Crippen molar-refractivity contribution in [3.63, 3.8) is 0 Å². The summed E-state index contributed by atoms with van der Waals surface area (Å²) < 4.78 is 1.98. The third-order valence-corrected chi connectivity index (χ3v) is 4.04. The number of nitrogens with one attached hydrogen (secondary N) is 1. The molecule has 0 bridgehead atoms. The van der Waals surface area contributed by atoms with E-state index in [9.17, 15) is 0 Å². The van der Waals surface area contributed by atoms with E-state index in [0.717, 1.165) is 17.3 Å². The lowest BCUT2D eigenvalue weighted by Crippen LogP contribution is -2.32. The molecule has 2 aromatic heterocycles. The second-order valence-electron chi connectivity index (χ2n) is 6.32. The number of hydrogen-bond acceptors (Lipinski definition) is 4. The summed E-state index contributed by atoms with van der Waals surface area (Å²) in [6.07, 6.45) is 8.69. The van der Waals surface area contributed by atoms with E-state index < -0.39 is 0 Å². The Labute approximate surface area is 113 Å². The first-order valence-electron chi connectivity index (χ1n) is 6.98. The minimum absolute atomic E-state index is 0.421. The van der Waals surface area contributed by atoms with Crippen molar-refractivity contribution in [1.82, 2.24) is 19.6 Å². The van der Waals surface area contributed by atoms with Gasteiger partial charge in [-0.3, -0.25) is 4.40 Å². The molecule has 1 atom stereocenters. The van der Waals surface area contributed by atoms with Gasteiger partial charge in [-0.15, -0.1) is 10.2 Å². The van der Waals surface area contributed by atoms with Crippen molar-refractivity contribution in [2.24, 2.45) is 5.41 Å². The second kappa shape index (κ2) is 4.47. The number of rotatable bonds is 2. The van der Waals surface area contributed by atoms with Crippen molar-refractivity contribution in [2.45, 2.75) is 52.5 Å². The first-order valence-corrected chi connectivity index (χ1v) is 6.98. The molecule has 19 heavy (non-hydrogen) atoms. The highest BCUT2D eigenvalue weighted by atomic mass is 15.3. The molecule has 5 heteroatoms. The fraction of sp³-hybridized carbons (Fsp3) is 0.643. The van der Waals surface area contributed by atoms with Crippen LogP contribution in [0.2, 0.25) is 0 Å². The lowest BCUT2D eigenvalue weighted by Gasteiger charge is -2.35. The highest BCUT2D eigenvalue weighted by molar-refractivity contribution is 5.62. The van der Waals surface area contributed by atoms with E-state index in [0.29, 0.717) is 11.5 Å². The summed E-state index contributed by atoms with van der Waals surface area (Å²) in [6.45, 7) is 6.64. The van der Waals surface area contributed by atoms with Crippen molar-refractivity contribution < 1.29 is 0 Å². The molecule has 1 N–H and O–H groups in total. The Morgan fingerprint density at radius 1 is 1.37 bits per heavy atom. The summed E-state index contributed by atoms with van der Waals surface area (Å²) in [5.41, 5.74) is 1.24. The van der Waals surface area contributed by atoms with E-state index >= 15 is 0 Å². The lowest BCUT2D eigenvalue weighted by molar-refractivity contribution is 0.229. The molecule has 1 aliphatic carbocycles. The molecule has 1 unspecified atom stereocenters. The van der Waals surface area contributed by atoms with Crippen LogP contribution in [0.3, 0.4) is 0 Å². The number of aryl methyl sites for hydroxylation is 1. The van der Waals surface area contributed by atoms with Crippen LogP contribution in [0.1, 0.15) is 45.4 Å². The minimum Gasteiger partial charge on any atom is -0.364 e. The van der Waals surface area contributed by atoms with Gasteiger partial charge in [-0.2, -0.15) is 0 Å². The van der Waals surface area contributed by atoms with Gasteiger partial charge in [0.05, 0.1) is 0 Å². The monoisotopic (exact) mass is 259 g/mol. The van der Waals surface area contributed by atoms with Crippen molar-refractivity contribution in [1.29, 1.82) is 0 Å². The van der Waals surface area contributed by atoms with Gasteiger partial charge in [-0.25, -0.2) is 4.98 Å². The van der Waals surface area contributed by atoms with Crippen molar-refractivity contribution >= 4 is 11.5 Å². The lowest BCUT2D eigenvalue weighted by atomic mass is 9.75. The zero-order valence-corrected chi connectivity index (χ0v) is 11.8. The summed E-state index contributed by atoms with van der Waals surface area (Å²) in [7, 11) is 0. The molecule has 0 amide bonds. The number of nitrogens with zero attached hydrogens (tertiary/aromatic N) is 4. The average Bonchev–Trinajstić information content (AvgIpc) is 2.71. The van der Waals surface area contributed by atoms with Crippen molar-refractivity contribution in [3.05, 3.63) is 18.2 Å². The molecule has 0 saturated heterocycles. The number of fused-ring (bicyclic) bond motifs is 1. The number of anilines is 1. The van der Waals surface area contributed by atoms with Gasteiger partial charge in [0.15, 0.2) is 5.82 Å². The average molecular weight is 259 g/mol. The van der Waals surface area contributed by atoms with Crippen LogP contribution in [-0.2, 0) is 0 Å². The van der Waals surface area contributed by atoms with Crippen LogP contribution in [0.15, 0.2) is 12.4 Å². The molecule has 5 nitrogen and oxygen atoms in total. The third-order valence-electron chi connectivity index (χ3n) is 4.04. The maximum atomic E-state index is 4.43. The molecular formula is C14H21N5. The fourth-order valence-electron chi connectivity index (χ4n) is 3.06. The molecule has 3 rings (SSSR count). The largest absolute Gasteiger partial charge is 0.364 e. The minimum atomic E-state index is 0.421. The topological polar surface area (TPSA) is 55.1 Å². The Hall–Kier alpha value is -1.65. The Morgan fingerprint density at radius 3 is 3.00 bits per heavy atom. The van der Waals surface area contributed by atoms with E-state index in [4.69, 9.17) is 0 Å². The van der Waals surface area contributed by atoms with Gasteiger partial charge < -0.3 is 5.32 Å². The summed E-state index contributed by atoms with van der Waals surface area (Å²) in [5.74, 6) is 1.75. The Kier molecular flexibility index (Phi) is 2.92. The SMILES string of the molecule is Cc1nnc2c(NC3CCCC(C)(C)C3)nccn12. The molecule has 2 heterocycles. The number of aromatic nitrogens is 4. The van der Waals surface area contributed by atoms with E-state index in [2.05, 4.69) is 34.3 Å². The van der Waals surface area contributed by atoms with Gasteiger partial charge >= 0.3 is 0 Å². The van der Waals surface area contributed by atoms with E-state index in [1.165, 1.54) is 25.7 Å².